The minimum atomic E-state index is -0.627. The molecule has 156 valence electrons. The highest BCUT2D eigenvalue weighted by atomic mass is 19.1. The summed E-state index contributed by atoms with van der Waals surface area (Å²) in [6.07, 6.45) is 6.09. The normalized spacial score (nSPS) is 15.0. The van der Waals surface area contributed by atoms with Crippen molar-refractivity contribution in [1.29, 1.82) is 5.26 Å². The molecule has 3 aromatic rings. The van der Waals surface area contributed by atoms with E-state index in [0.717, 1.165) is 43.2 Å². The van der Waals surface area contributed by atoms with Crippen molar-refractivity contribution in [2.75, 3.05) is 5.32 Å². The van der Waals surface area contributed by atoms with Gasteiger partial charge in [0.15, 0.2) is 0 Å². The van der Waals surface area contributed by atoms with Gasteiger partial charge in [-0.05, 0) is 54.3 Å². The maximum absolute atomic E-state index is 13.5. The Morgan fingerprint density at radius 1 is 1.03 bits per heavy atom. The summed E-state index contributed by atoms with van der Waals surface area (Å²) in [6, 6.07) is 17.0. The number of nitrogens with one attached hydrogen (secondary N) is 2. The van der Waals surface area contributed by atoms with Crippen LogP contribution >= 0.6 is 0 Å². The summed E-state index contributed by atoms with van der Waals surface area (Å²) in [6.45, 7) is 0. The predicted molar refractivity (Wildman–Crippen MR) is 116 cm³/mol. The smallest absolute Gasteiger partial charge is 0.319 e. The molecule has 0 saturated heterocycles. The second kappa shape index (κ2) is 8.92. The van der Waals surface area contributed by atoms with Crippen LogP contribution in [0.15, 0.2) is 60.8 Å². The fraction of sp³-hybridized carbons (Fsp3) is 0.250. The lowest BCUT2D eigenvalue weighted by atomic mass is 9.79. The Labute approximate surface area is 180 Å². The van der Waals surface area contributed by atoms with Gasteiger partial charge in [-0.2, -0.15) is 5.26 Å². The van der Waals surface area contributed by atoms with Crippen LogP contribution in [0, 0.1) is 17.1 Å². The maximum atomic E-state index is 13.5. The molecule has 1 saturated carbocycles. The number of aromatic nitrogens is 2. The fourth-order valence-electron chi connectivity index (χ4n) is 4.07. The molecule has 31 heavy (non-hydrogen) atoms. The molecule has 2 amide bonds. The summed E-state index contributed by atoms with van der Waals surface area (Å²) >= 11 is 0. The standard InChI is InChI=1S/C24H22FN5O/c25-19-6-4-5-18(15-19)17-7-9-20(10-8-17)28-23(31)30-24(12-2-1-3-13-24)21-11-14-27-22(16-26)29-21/h4-11,14-15H,1-3,12-13H2,(H2,28,30,31). The first-order chi connectivity index (χ1) is 15.1. The summed E-state index contributed by atoms with van der Waals surface area (Å²) in [5.74, 6) is -0.196. The molecule has 1 fully saturated rings. The molecule has 1 aliphatic rings. The van der Waals surface area contributed by atoms with Crippen molar-refractivity contribution in [1.82, 2.24) is 15.3 Å². The van der Waals surface area contributed by atoms with Crippen LogP contribution in [0.4, 0.5) is 14.9 Å². The minimum absolute atomic E-state index is 0.0950. The summed E-state index contributed by atoms with van der Waals surface area (Å²) in [4.78, 5) is 21.1. The van der Waals surface area contributed by atoms with E-state index in [-0.39, 0.29) is 17.7 Å². The van der Waals surface area contributed by atoms with Crippen molar-refractivity contribution in [2.45, 2.75) is 37.6 Å². The third-order valence-corrected chi connectivity index (χ3v) is 5.61. The van der Waals surface area contributed by atoms with E-state index >= 15 is 0 Å². The van der Waals surface area contributed by atoms with Crippen molar-refractivity contribution >= 4 is 11.7 Å². The first-order valence-electron chi connectivity index (χ1n) is 10.3. The molecule has 2 N–H and O–H groups in total. The van der Waals surface area contributed by atoms with Crippen molar-refractivity contribution < 1.29 is 9.18 Å². The molecule has 0 aliphatic heterocycles. The van der Waals surface area contributed by atoms with Gasteiger partial charge in [-0.25, -0.2) is 19.2 Å². The van der Waals surface area contributed by atoms with Crippen molar-refractivity contribution in [3.8, 4) is 17.2 Å². The molecule has 1 aromatic heterocycles. The number of hydrogen-bond acceptors (Lipinski definition) is 4. The van der Waals surface area contributed by atoms with Gasteiger partial charge in [0.1, 0.15) is 11.9 Å². The third kappa shape index (κ3) is 4.69. The topological polar surface area (TPSA) is 90.7 Å². The van der Waals surface area contributed by atoms with Crippen LogP contribution in [0.1, 0.15) is 43.6 Å². The summed E-state index contributed by atoms with van der Waals surface area (Å²) in [5.41, 5.74) is 2.30. The number of carbonyl (C=O) groups is 1. The largest absolute Gasteiger partial charge is 0.327 e. The first kappa shape index (κ1) is 20.5. The second-order valence-electron chi connectivity index (χ2n) is 7.69. The van der Waals surface area contributed by atoms with E-state index in [0.29, 0.717) is 11.4 Å². The van der Waals surface area contributed by atoms with Gasteiger partial charge in [-0.3, -0.25) is 0 Å². The summed E-state index contributed by atoms with van der Waals surface area (Å²) in [7, 11) is 0. The van der Waals surface area contributed by atoms with Gasteiger partial charge in [-0.1, -0.05) is 43.5 Å². The van der Waals surface area contributed by atoms with Gasteiger partial charge >= 0.3 is 6.03 Å². The number of carbonyl (C=O) groups excluding carboxylic acids is 1. The number of amides is 2. The van der Waals surface area contributed by atoms with Crippen LogP contribution in [-0.4, -0.2) is 16.0 Å². The third-order valence-electron chi connectivity index (χ3n) is 5.61. The van der Waals surface area contributed by atoms with Crippen LogP contribution in [0.5, 0.6) is 0 Å². The van der Waals surface area contributed by atoms with Crippen LogP contribution in [-0.2, 0) is 5.54 Å². The highest BCUT2D eigenvalue weighted by Crippen LogP contribution is 2.36. The Hall–Kier alpha value is -3.79. The van der Waals surface area contributed by atoms with Gasteiger partial charge in [-0.15, -0.1) is 0 Å². The van der Waals surface area contributed by atoms with E-state index in [2.05, 4.69) is 20.6 Å². The van der Waals surface area contributed by atoms with Gasteiger partial charge in [0.25, 0.3) is 0 Å². The Balaban J connectivity index is 1.50. The molecular weight excluding hydrogens is 393 g/mol. The molecule has 6 nitrogen and oxygen atoms in total. The average molecular weight is 415 g/mol. The lowest BCUT2D eigenvalue weighted by Gasteiger charge is -2.37. The van der Waals surface area contributed by atoms with E-state index in [1.54, 1.807) is 30.5 Å². The van der Waals surface area contributed by atoms with E-state index in [1.807, 2.05) is 24.3 Å². The zero-order chi connectivity index (χ0) is 21.7. The van der Waals surface area contributed by atoms with Gasteiger partial charge in [0.05, 0.1) is 11.2 Å². The molecule has 1 aliphatic carbocycles. The molecule has 0 radical (unpaired) electrons. The predicted octanol–water partition coefficient (Wildman–Crippen LogP) is 5.14. The van der Waals surface area contributed by atoms with E-state index in [9.17, 15) is 9.18 Å². The monoisotopic (exact) mass is 415 g/mol. The molecule has 7 heteroatoms. The zero-order valence-corrected chi connectivity index (χ0v) is 16.9. The Kier molecular flexibility index (Phi) is 5.89. The van der Waals surface area contributed by atoms with Crippen LogP contribution in [0.2, 0.25) is 0 Å². The quantitative estimate of drug-likeness (QED) is 0.618. The van der Waals surface area contributed by atoms with E-state index in [1.165, 1.54) is 12.1 Å². The van der Waals surface area contributed by atoms with Crippen LogP contribution in [0.25, 0.3) is 11.1 Å². The van der Waals surface area contributed by atoms with Gasteiger partial charge < -0.3 is 10.6 Å². The Morgan fingerprint density at radius 3 is 2.52 bits per heavy atom. The van der Waals surface area contributed by atoms with Crippen LogP contribution in [0.3, 0.4) is 0 Å². The number of urea groups is 1. The lowest BCUT2D eigenvalue weighted by Crippen LogP contribution is -2.49. The fourth-order valence-corrected chi connectivity index (χ4v) is 4.07. The molecule has 0 bridgehead atoms. The molecule has 1 heterocycles. The van der Waals surface area contributed by atoms with Crippen molar-refractivity contribution in [3.05, 3.63) is 78.1 Å². The second-order valence-corrected chi connectivity index (χ2v) is 7.69. The molecule has 2 aromatic carbocycles. The van der Waals surface area contributed by atoms with Crippen LogP contribution < -0.4 is 10.6 Å². The van der Waals surface area contributed by atoms with Gasteiger partial charge in [0.2, 0.25) is 5.82 Å². The zero-order valence-electron chi connectivity index (χ0n) is 16.9. The van der Waals surface area contributed by atoms with Gasteiger partial charge in [0, 0.05) is 11.9 Å². The number of nitrogens with zero attached hydrogens (tertiary/aromatic N) is 3. The average Bonchev–Trinajstić information content (AvgIpc) is 2.80. The Bertz CT molecular complexity index is 1120. The van der Waals surface area contributed by atoms with Crippen molar-refractivity contribution in [2.24, 2.45) is 0 Å². The first-order valence-corrected chi connectivity index (χ1v) is 10.3. The molecular formula is C24H22FN5O. The number of anilines is 1. The minimum Gasteiger partial charge on any atom is -0.327 e. The molecule has 0 spiro atoms. The van der Waals surface area contributed by atoms with E-state index in [4.69, 9.17) is 5.26 Å². The summed E-state index contributed by atoms with van der Waals surface area (Å²) < 4.78 is 13.5. The molecule has 0 atom stereocenters. The molecule has 0 unspecified atom stereocenters. The highest BCUT2D eigenvalue weighted by molar-refractivity contribution is 5.90. The number of benzene rings is 2. The number of rotatable bonds is 4. The number of hydrogen-bond donors (Lipinski definition) is 2. The van der Waals surface area contributed by atoms with E-state index < -0.39 is 5.54 Å². The highest BCUT2D eigenvalue weighted by Gasteiger charge is 2.37. The van der Waals surface area contributed by atoms with Crippen molar-refractivity contribution in [3.63, 3.8) is 0 Å². The summed E-state index contributed by atoms with van der Waals surface area (Å²) in [5, 5.41) is 15.1. The SMILES string of the molecule is N#Cc1nccc(C2(NC(=O)Nc3ccc(-c4cccc(F)c4)cc3)CCCCC2)n1. The maximum Gasteiger partial charge on any atom is 0.319 e. The number of halogens is 1. The number of nitriles is 1. The lowest BCUT2D eigenvalue weighted by molar-refractivity contribution is 0.209. The molecule has 4 rings (SSSR count). The Morgan fingerprint density at radius 2 is 1.81 bits per heavy atom.